The van der Waals surface area contributed by atoms with Gasteiger partial charge in [0.1, 0.15) is 0 Å². The number of rotatable bonds is 7. The minimum absolute atomic E-state index is 0.0442. The smallest absolute Gasteiger partial charge is 0.231 e. The fourth-order valence-electron chi connectivity index (χ4n) is 3.75. The highest BCUT2D eigenvalue weighted by molar-refractivity contribution is 9.10. The summed E-state index contributed by atoms with van der Waals surface area (Å²) in [6.45, 7) is 2.75. The molecule has 0 fully saturated rings. The van der Waals surface area contributed by atoms with Crippen LogP contribution in [0.25, 0.3) is 0 Å². The maximum atomic E-state index is 13.0. The molecule has 2 amide bonds. The number of amides is 2. The van der Waals surface area contributed by atoms with Gasteiger partial charge < -0.3 is 19.7 Å². The van der Waals surface area contributed by atoms with Gasteiger partial charge in [-0.25, -0.2) is 8.42 Å². The molecular formula is C22H23BrN2O6S. The third-order valence-electron chi connectivity index (χ3n) is 5.49. The van der Waals surface area contributed by atoms with Gasteiger partial charge in [0.2, 0.25) is 18.6 Å². The van der Waals surface area contributed by atoms with Crippen LogP contribution < -0.4 is 19.7 Å². The van der Waals surface area contributed by atoms with Crippen LogP contribution in [0.2, 0.25) is 0 Å². The molecule has 2 aromatic rings. The van der Waals surface area contributed by atoms with E-state index >= 15 is 0 Å². The average molecular weight is 523 g/mol. The Morgan fingerprint density at radius 1 is 1.16 bits per heavy atom. The van der Waals surface area contributed by atoms with Crippen molar-refractivity contribution >= 4 is 43.3 Å². The van der Waals surface area contributed by atoms with Crippen LogP contribution >= 0.6 is 15.9 Å². The number of carbonyl (C=O) groups excluding carboxylic acids is 2. The minimum Gasteiger partial charge on any atom is -0.454 e. The van der Waals surface area contributed by atoms with Gasteiger partial charge in [0.15, 0.2) is 21.3 Å². The van der Waals surface area contributed by atoms with Gasteiger partial charge in [0, 0.05) is 36.1 Å². The number of sulfone groups is 1. The highest BCUT2D eigenvalue weighted by Gasteiger charge is 2.28. The minimum atomic E-state index is -3.74. The molecule has 2 aromatic carbocycles. The van der Waals surface area contributed by atoms with Crippen LogP contribution in [0, 0.1) is 0 Å². The van der Waals surface area contributed by atoms with Crippen LogP contribution in [0.5, 0.6) is 11.5 Å². The molecule has 2 aliphatic heterocycles. The first-order valence-corrected chi connectivity index (χ1v) is 12.7. The lowest BCUT2D eigenvalue weighted by Crippen LogP contribution is -2.28. The summed E-state index contributed by atoms with van der Waals surface area (Å²) in [5.41, 5.74) is 2.39. The topological polar surface area (TPSA) is 102 Å². The standard InChI is InChI=1S/C22H23BrN2O6S/c1-2-22(27)25-7-5-15-10-16(23)20(11-17(15)25)32(28,29)8-6-21(26)24-12-14-3-4-18-19(9-14)31-13-30-18/h3-4,9-11H,2,5-8,12-13H2,1H3,(H,24,26). The Kier molecular flexibility index (Phi) is 6.43. The number of ether oxygens (including phenoxy) is 2. The quantitative estimate of drug-likeness (QED) is 0.599. The molecule has 2 aliphatic rings. The van der Waals surface area contributed by atoms with E-state index in [4.69, 9.17) is 9.47 Å². The van der Waals surface area contributed by atoms with Gasteiger partial charge in [0.05, 0.1) is 10.6 Å². The summed E-state index contributed by atoms with van der Waals surface area (Å²) in [7, 11) is -3.74. The second-order valence-electron chi connectivity index (χ2n) is 7.59. The van der Waals surface area contributed by atoms with E-state index in [1.807, 2.05) is 6.07 Å². The molecule has 0 atom stereocenters. The van der Waals surface area contributed by atoms with Crippen molar-refractivity contribution in [2.45, 2.75) is 37.6 Å². The molecule has 4 rings (SSSR count). The molecule has 1 N–H and O–H groups in total. The van der Waals surface area contributed by atoms with E-state index in [-0.39, 0.29) is 42.2 Å². The molecule has 0 aromatic heterocycles. The van der Waals surface area contributed by atoms with Crippen molar-refractivity contribution in [3.8, 4) is 11.5 Å². The van der Waals surface area contributed by atoms with Gasteiger partial charge in [-0.2, -0.15) is 0 Å². The van der Waals surface area contributed by atoms with Crippen molar-refractivity contribution in [1.82, 2.24) is 5.32 Å². The third kappa shape index (κ3) is 4.61. The Morgan fingerprint density at radius 2 is 1.94 bits per heavy atom. The lowest BCUT2D eigenvalue weighted by Gasteiger charge is -2.18. The number of hydrogen-bond donors (Lipinski definition) is 1. The zero-order valence-electron chi connectivity index (χ0n) is 17.5. The van der Waals surface area contributed by atoms with Crippen LogP contribution in [0.4, 0.5) is 5.69 Å². The number of nitrogens with zero attached hydrogens (tertiary/aromatic N) is 1. The molecule has 0 spiro atoms. The zero-order chi connectivity index (χ0) is 22.9. The first kappa shape index (κ1) is 22.6. The summed E-state index contributed by atoms with van der Waals surface area (Å²) < 4.78 is 36.9. The summed E-state index contributed by atoms with van der Waals surface area (Å²) in [6.07, 6.45) is 0.859. The fourth-order valence-corrected chi connectivity index (χ4v) is 6.21. The molecule has 170 valence electrons. The van der Waals surface area contributed by atoms with E-state index in [1.165, 1.54) is 0 Å². The Balaban J connectivity index is 1.40. The molecule has 0 saturated carbocycles. The molecule has 0 unspecified atom stereocenters. The lowest BCUT2D eigenvalue weighted by atomic mass is 10.2. The molecule has 32 heavy (non-hydrogen) atoms. The fraction of sp³-hybridized carbons (Fsp3) is 0.364. The number of carbonyl (C=O) groups is 2. The van der Waals surface area contributed by atoms with E-state index in [0.29, 0.717) is 41.0 Å². The van der Waals surface area contributed by atoms with Crippen molar-refractivity contribution < 1.29 is 27.5 Å². The number of anilines is 1. The van der Waals surface area contributed by atoms with Crippen molar-refractivity contribution in [2.75, 3.05) is 24.0 Å². The van der Waals surface area contributed by atoms with Gasteiger partial charge in [-0.3, -0.25) is 9.59 Å². The summed E-state index contributed by atoms with van der Waals surface area (Å²) >= 11 is 3.35. The van der Waals surface area contributed by atoms with Crippen molar-refractivity contribution in [2.24, 2.45) is 0 Å². The predicted molar refractivity (Wildman–Crippen MR) is 122 cm³/mol. The van der Waals surface area contributed by atoms with Gasteiger partial charge in [-0.1, -0.05) is 13.0 Å². The maximum absolute atomic E-state index is 13.0. The first-order valence-electron chi connectivity index (χ1n) is 10.3. The molecule has 2 heterocycles. The molecule has 0 aliphatic carbocycles. The second kappa shape index (κ2) is 9.11. The predicted octanol–water partition coefficient (Wildman–Crippen LogP) is 2.96. The SMILES string of the molecule is CCC(=O)N1CCc2cc(Br)c(S(=O)(=O)CCC(=O)NCc3ccc4c(c3)OCO4)cc21. The van der Waals surface area contributed by atoms with Gasteiger partial charge in [0.25, 0.3) is 0 Å². The molecule has 0 radical (unpaired) electrons. The molecule has 8 nitrogen and oxygen atoms in total. The highest BCUT2D eigenvalue weighted by atomic mass is 79.9. The summed E-state index contributed by atoms with van der Waals surface area (Å²) in [6, 6.07) is 8.66. The first-order chi connectivity index (χ1) is 15.3. The zero-order valence-corrected chi connectivity index (χ0v) is 19.9. The average Bonchev–Trinajstić information content (AvgIpc) is 3.41. The van der Waals surface area contributed by atoms with Gasteiger partial charge in [-0.15, -0.1) is 0 Å². The van der Waals surface area contributed by atoms with Crippen molar-refractivity contribution in [3.05, 3.63) is 45.9 Å². The monoisotopic (exact) mass is 522 g/mol. The Bertz CT molecular complexity index is 1180. The van der Waals surface area contributed by atoms with E-state index in [2.05, 4.69) is 21.2 Å². The Morgan fingerprint density at radius 3 is 2.72 bits per heavy atom. The second-order valence-corrected chi connectivity index (χ2v) is 10.5. The van der Waals surface area contributed by atoms with Crippen LogP contribution in [-0.4, -0.2) is 39.3 Å². The largest absolute Gasteiger partial charge is 0.454 e. The summed E-state index contributed by atoms with van der Waals surface area (Å²) in [5, 5.41) is 2.74. The van der Waals surface area contributed by atoms with Crippen molar-refractivity contribution in [1.29, 1.82) is 0 Å². The Labute approximate surface area is 194 Å². The van der Waals surface area contributed by atoms with Crippen LogP contribution in [0.1, 0.15) is 30.9 Å². The maximum Gasteiger partial charge on any atom is 0.231 e. The molecular weight excluding hydrogens is 500 g/mol. The van der Waals surface area contributed by atoms with Crippen LogP contribution in [0.3, 0.4) is 0 Å². The number of hydrogen-bond acceptors (Lipinski definition) is 6. The summed E-state index contributed by atoms with van der Waals surface area (Å²) in [5.74, 6) is 0.532. The number of benzene rings is 2. The molecule has 0 bridgehead atoms. The van der Waals surface area contributed by atoms with Gasteiger partial charge >= 0.3 is 0 Å². The van der Waals surface area contributed by atoms with Gasteiger partial charge in [-0.05, 0) is 57.7 Å². The van der Waals surface area contributed by atoms with E-state index in [1.54, 1.807) is 36.1 Å². The molecule has 0 saturated heterocycles. The van der Waals surface area contributed by atoms with E-state index < -0.39 is 9.84 Å². The normalized spacial score (nSPS) is 14.4. The third-order valence-corrected chi connectivity index (χ3v) is 8.16. The van der Waals surface area contributed by atoms with Crippen LogP contribution in [0.15, 0.2) is 39.7 Å². The van der Waals surface area contributed by atoms with E-state index in [9.17, 15) is 18.0 Å². The molecule has 10 heteroatoms. The lowest BCUT2D eigenvalue weighted by molar-refractivity contribution is -0.121. The van der Waals surface area contributed by atoms with Crippen LogP contribution in [-0.2, 0) is 32.4 Å². The van der Waals surface area contributed by atoms with Crippen molar-refractivity contribution in [3.63, 3.8) is 0 Å². The van der Waals surface area contributed by atoms with E-state index in [0.717, 1.165) is 11.1 Å². The number of halogens is 1. The number of nitrogens with one attached hydrogen (secondary N) is 1. The summed E-state index contributed by atoms with van der Waals surface area (Å²) in [4.78, 5) is 26.2. The highest BCUT2D eigenvalue weighted by Crippen LogP contribution is 2.36. The Hall–Kier alpha value is -2.59. The number of fused-ring (bicyclic) bond motifs is 2.